The van der Waals surface area contributed by atoms with Crippen LogP contribution in [0, 0.1) is 6.92 Å². The molecule has 1 aromatic rings. The van der Waals surface area contributed by atoms with E-state index in [1.165, 1.54) is 12.3 Å². The Kier molecular flexibility index (Phi) is 3.76. The summed E-state index contributed by atoms with van der Waals surface area (Å²) in [4.78, 5) is 30.1. The molecule has 0 aliphatic carbocycles. The number of anilines is 1. The summed E-state index contributed by atoms with van der Waals surface area (Å²) in [5.41, 5.74) is 0. The van der Waals surface area contributed by atoms with Crippen LogP contribution in [0.3, 0.4) is 0 Å². The fourth-order valence-corrected chi connectivity index (χ4v) is 1.16. The second-order valence-corrected chi connectivity index (χ2v) is 3.11. The van der Waals surface area contributed by atoms with Crippen LogP contribution in [-0.4, -0.2) is 45.2 Å². The molecule has 0 aliphatic heterocycles. The number of carboxylic acid groups (broad SMARTS) is 2. The summed E-state index contributed by atoms with van der Waals surface area (Å²) in [6.07, 6.45) is 1.45. The molecule has 7 heteroatoms. The van der Waals surface area contributed by atoms with Crippen LogP contribution >= 0.6 is 0 Å². The Morgan fingerprint density at radius 1 is 1.31 bits per heavy atom. The zero-order valence-corrected chi connectivity index (χ0v) is 8.62. The molecule has 16 heavy (non-hydrogen) atoms. The van der Waals surface area contributed by atoms with E-state index < -0.39 is 25.0 Å². The van der Waals surface area contributed by atoms with Crippen molar-refractivity contribution in [3.8, 4) is 0 Å². The molecule has 0 saturated heterocycles. The predicted octanol–water partition coefficient (Wildman–Crippen LogP) is -0.239. The van der Waals surface area contributed by atoms with E-state index in [1.54, 1.807) is 6.92 Å². The molecular formula is C9H11N3O4. The van der Waals surface area contributed by atoms with Gasteiger partial charge in [-0.25, -0.2) is 9.97 Å². The van der Waals surface area contributed by atoms with Gasteiger partial charge in [0, 0.05) is 6.20 Å². The molecule has 0 fully saturated rings. The number of hydrogen-bond donors (Lipinski definition) is 2. The molecule has 0 spiro atoms. The largest absolute Gasteiger partial charge is 0.480 e. The molecule has 1 rings (SSSR count). The minimum atomic E-state index is -1.11. The first-order chi connectivity index (χ1) is 7.49. The Bertz CT molecular complexity index is 391. The Hall–Kier alpha value is -2.18. The number of carboxylic acids is 2. The third kappa shape index (κ3) is 3.52. The molecule has 0 radical (unpaired) electrons. The monoisotopic (exact) mass is 225 g/mol. The first-order valence-electron chi connectivity index (χ1n) is 4.47. The summed E-state index contributed by atoms with van der Waals surface area (Å²) in [6.45, 7) is 0.814. The van der Waals surface area contributed by atoms with Crippen LogP contribution in [0.4, 0.5) is 5.82 Å². The average Bonchev–Trinajstić information content (AvgIpc) is 2.15. The van der Waals surface area contributed by atoms with Gasteiger partial charge in [-0.1, -0.05) is 0 Å². The number of rotatable bonds is 5. The first kappa shape index (κ1) is 11.9. The highest BCUT2D eigenvalue weighted by molar-refractivity contribution is 5.78. The molecular weight excluding hydrogens is 214 g/mol. The lowest BCUT2D eigenvalue weighted by Crippen LogP contribution is -2.35. The lowest BCUT2D eigenvalue weighted by atomic mass is 10.4. The van der Waals surface area contributed by atoms with Crippen LogP contribution in [0.15, 0.2) is 12.3 Å². The van der Waals surface area contributed by atoms with Crippen LogP contribution < -0.4 is 4.90 Å². The van der Waals surface area contributed by atoms with Crippen molar-refractivity contribution < 1.29 is 19.8 Å². The Morgan fingerprint density at radius 3 is 2.31 bits per heavy atom. The highest BCUT2D eigenvalue weighted by Gasteiger charge is 2.15. The van der Waals surface area contributed by atoms with Crippen molar-refractivity contribution >= 4 is 17.8 Å². The van der Waals surface area contributed by atoms with Gasteiger partial charge < -0.3 is 15.1 Å². The normalized spacial score (nSPS) is 9.81. The van der Waals surface area contributed by atoms with Gasteiger partial charge in [0.05, 0.1) is 0 Å². The van der Waals surface area contributed by atoms with Crippen LogP contribution in [0.5, 0.6) is 0 Å². The number of nitrogens with zero attached hydrogens (tertiary/aromatic N) is 3. The van der Waals surface area contributed by atoms with Crippen molar-refractivity contribution in [2.45, 2.75) is 6.92 Å². The summed E-state index contributed by atoms with van der Waals surface area (Å²) in [5, 5.41) is 17.3. The smallest absolute Gasteiger partial charge is 0.323 e. The standard InChI is InChI=1S/C9H11N3O4/c1-6-10-3-2-7(11-6)12(4-8(13)14)5-9(15)16/h2-3H,4-5H2,1H3,(H,13,14)(H,15,16). The third-order valence-corrected chi connectivity index (χ3v) is 1.74. The summed E-state index contributed by atoms with van der Waals surface area (Å²) >= 11 is 0. The molecule has 0 amide bonds. The van der Waals surface area contributed by atoms with E-state index in [0.29, 0.717) is 5.82 Å². The summed E-state index contributed by atoms with van der Waals surface area (Å²) in [6, 6.07) is 1.47. The maximum absolute atomic E-state index is 10.6. The van der Waals surface area contributed by atoms with Gasteiger partial charge in [-0.05, 0) is 13.0 Å². The molecule has 7 nitrogen and oxygen atoms in total. The van der Waals surface area contributed by atoms with Crippen molar-refractivity contribution in [1.29, 1.82) is 0 Å². The lowest BCUT2D eigenvalue weighted by Gasteiger charge is -2.19. The zero-order valence-electron chi connectivity index (χ0n) is 8.62. The van der Waals surface area contributed by atoms with Gasteiger partial charge in [0.2, 0.25) is 0 Å². The van der Waals surface area contributed by atoms with Gasteiger partial charge in [-0.15, -0.1) is 0 Å². The zero-order chi connectivity index (χ0) is 12.1. The maximum atomic E-state index is 10.6. The van der Waals surface area contributed by atoms with Gasteiger partial charge in [-0.2, -0.15) is 0 Å². The van der Waals surface area contributed by atoms with Crippen molar-refractivity contribution in [2.75, 3.05) is 18.0 Å². The highest BCUT2D eigenvalue weighted by atomic mass is 16.4. The van der Waals surface area contributed by atoms with Gasteiger partial charge >= 0.3 is 11.9 Å². The van der Waals surface area contributed by atoms with Crippen molar-refractivity contribution in [1.82, 2.24) is 9.97 Å². The van der Waals surface area contributed by atoms with E-state index in [2.05, 4.69) is 9.97 Å². The SMILES string of the molecule is Cc1nccc(N(CC(=O)O)CC(=O)O)n1. The summed E-state index contributed by atoms with van der Waals surface area (Å²) < 4.78 is 0. The third-order valence-electron chi connectivity index (χ3n) is 1.74. The quantitative estimate of drug-likeness (QED) is 0.712. The Labute approximate surface area is 91.4 Å². The van der Waals surface area contributed by atoms with Gasteiger partial charge in [-0.3, -0.25) is 9.59 Å². The van der Waals surface area contributed by atoms with Gasteiger partial charge in [0.1, 0.15) is 24.7 Å². The Balaban J connectivity index is 2.90. The second-order valence-electron chi connectivity index (χ2n) is 3.11. The van der Waals surface area contributed by atoms with Crippen LogP contribution in [-0.2, 0) is 9.59 Å². The molecule has 0 aliphatic rings. The number of aliphatic carboxylic acids is 2. The Morgan fingerprint density at radius 2 is 1.88 bits per heavy atom. The van der Waals surface area contributed by atoms with E-state index in [4.69, 9.17) is 10.2 Å². The second kappa shape index (κ2) is 5.06. The molecule has 86 valence electrons. The van der Waals surface area contributed by atoms with E-state index >= 15 is 0 Å². The topological polar surface area (TPSA) is 104 Å². The van der Waals surface area contributed by atoms with E-state index in [0.717, 1.165) is 4.90 Å². The number of hydrogen-bond acceptors (Lipinski definition) is 5. The average molecular weight is 225 g/mol. The maximum Gasteiger partial charge on any atom is 0.323 e. The van der Waals surface area contributed by atoms with Crippen molar-refractivity contribution in [3.05, 3.63) is 18.1 Å². The highest BCUT2D eigenvalue weighted by Crippen LogP contribution is 2.08. The molecule has 0 unspecified atom stereocenters. The van der Waals surface area contributed by atoms with Crippen LogP contribution in [0.2, 0.25) is 0 Å². The molecule has 1 aromatic heterocycles. The van der Waals surface area contributed by atoms with Gasteiger partial charge in [0.15, 0.2) is 0 Å². The number of carbonyl (C=O) groups is 2. The van der Waals surface area contributed by atoms with Crippen molar-refractivity contribution in [3.63, 3.8) is 0 Å². The molecule has 2 N–H and O–H groups in total. The summed E-state index contributed by atoms with van der Waals surface area (Å²) in [7, 11) is 0. The predicted molar refractivity (Wildman–Crippen MR) is 54.3 cm³/mol. The van der Waals surface area contributed by atoms with E-state index in [1.807, 2.05) is 0 Å². The first-order valence-corrected chi connectivity index (χ1v) is 4.47. The molecule has 0 atom stereocenters. The van der Waals surface area contributed by atoms with Crippen LogP contribution in [0.25, 0.3) is 0 Å². The molecule has 1 heterocycles. The van der Waals surface area contributed by atoms with Crippen LogP contribution in [0.1, 0.15) is 5.82 Å². The molecule has 0 aromatic carbocycles. The van der Waals surface area contributed by atoms with Crippen molar-refractivity contribution in [2.24, 2.45) is 0 Å². The van der Waals surface area contributed by atoms with Gasteiger partial charge in [0.25, 0.3) is 0 Å². The fraction of sp³-hybridized carbons (Fsp3) is 0.333. The molecule has 0 bridgehead atoms. The number of aromatic nitrogens is 2. The fourth-order valence-electron chi connectivity index (χ4n) is 1.16. The van der Waals surface area contributed by atoms with E-state index in [-0.39, 0.29) is 5.82 Å². The minimum absolute atomic E-state index is 0.289. The summed E-state index contributed by atoms with van der Waals surface area (Å²) in [5.74, 6) is -1.48. The van der Waals surface area contributed by atoms with E-state index in [9.17, 15) is 9.59 Å². The lowest BCUT2D eigenvalue weighted by molar-refractivity contribution is -0.136. The number of aryl methyl sites for hydroxylation is 1. The molecule has 0 saturated carbocycles. The minimum Gasteiger partial charge on any atom is -0.480 e.